The molecule has 0 radical (unpaired) electrons. The van der Waals surface area contributed by atoms with Crippen LogP contribution in [0.3, 0.4) is 0 Å². The average Bonchev–Trinajstić information content (AvgIpc) is 2.99. The molecule has 7 nitrogen and oxygen atoms in total. The first kappa shape index (κ1) is 22.0. The van der Waals surface area contributed by atoms with E-state index in [0.717, 1.165) is 0 Å². The lowest BCUT2D eigenvalue weighted by atomic mass is 10.1. The molecule has 0 atom stereocenters. The van der Waals surface area contributed by atoms with E-state index in [4.69, 9.17) is 4.74 Å². The van der Waals surface area contributed by atoms with E-state index in [0.29, 0.717) is 37.5 Å². The maximum Gasteiger partial charge on any atom is 0.253 e. The summed E-state index contributed by atoms with van der Waals surface area (Å²) in [5.74, 6) is -0.472. The van der Waals surface area contributed by atoms with Crippen LogP contribution >= 0.6 is 0 Å². The minimum Gasteiger partial charge on any atom is -0.495 e. The first-order chi connectivity index (χ1) is 14.3. The maximum atomic E-state index is 14.7. The van der Waals surface area contributed by atoms with E-state index < -0.39 is 15.8 Å². The Labute approximate surface area is 176 Å². The molecular formula is C21H26FN3O4S. The summed E-state index contributed by atoms with van der Waals surface area (Å²) >= 11 is 0. The Morgan fingerprint density at radius 3 is 2.47 bits per heavy atom. The van der Waals surface area contributed by atoms with Crippen molar-refractivity contribution in [2.24, 2.45) is 0 Å². The molecular weight excluding hydrogens is 409 g/mol. The largest absolute Gasteiger partial charge is 0.495 e. The van der Waals surface area contributed by atoms with Gasteiger partial charge in [0.1, 0.15) is 16.5 Å². The van der Waals surface area contributed by atoms with Gasteiger partial charge in [-0.05, 0) is 36.8 Å². The van der Waals surface area contributed by atoms with Gasteiger partial charge in [-0.2, -0.15) is 4.31 Å². The molecule has 1 aliphatic heterocycles. The predicted octanol–water partition coefficient (Wildman–Crippen LogP) is 2.44. The van der Waals surface area contributed by atoms with E-state index in [9.17, 15) is 17.6 Å². The molecule has 0 bridgehead atoms. The molecule has 1 fully saturated rings. The van der Waals surface area contributed by atoms with Gasteiger partial charge < -0.3 is 14.5 Å². The Morgan fingerprint density at radius 1 is 1.07 bits per heavy atom. The zero-order chi connectivity index (χ0) is 21.9. The SMILES string of the molecule is COc1ccccc1S(=O)(=O)N1CCCN(c2ccc(C(=O)N(C)C)cc2F)CC1. The highest BCUT2D eigenvalue weighted by Crippen LogP contribution is 2.28. The fourth-order valence-corrected chi connectivity index (χ4v) is 5.13. The van der Waals surface area contributed by atoms with Crippen LogP contribution in [0.1, 0.15) is 16.8 Å². The van der Waals surface area contributed by atoms with Crippen molar-refractivity contribution in [1.29, 1.82) is 0 Å². The topological polar surface area (TPSA) is 70.2 Å². The number of carbonyl (C=O) groups is 1. The van der Waals surface area contributed by atoms with E-state index in [2.05, 4.69) is 0 Å². The van der Waals surface area contributed by atoms with Gasteiger partial charge in [0.25, 0.3) is 5.91 Å². The van der Waals surface area contributed by atoms with Crippen LogP contribution < -0.4 is 9.64 Å². The molecule has 0 N–H and O–H groups in total. The number of anilines is 1. The van der Waals surface area contributed by atoms with Gasteiger partial charge in [0.15, 0.2) is 0 Å². The van der Waals surface area contributed by atoms with Crippen molar-refractivity contribution in [2.45, 2.75) is 11.3 Å². The molecule has 2 aromatic carbocycles. The Kier molecular flexibility index (Phi) is 6.62. The number of halogens is 1. The molecule has 0 aliphatic carbocycles. The fraction of sp³-hybridized carbons (Fsp3) is 0.381. The molecule has 2 aromatic rings. The molecule has 30 heavy (non-hydrogen) atoms. The Balaban J connectivity index is 1.79. The smallest absolute Gasteiger partial charge is 0.253 e. The Morgan fingerprint density at radius 2 is 1.80 bits per heavy atom. The summed E-state index contributed by atoms with van der Waals surface area (Å²) in [6.45, 7) is 1.40. The van der Waals surface area contributed by atoms with Crippen molar-refractivity contribution in [3.63, 3.8) is 0 Å². The maximum absolute atomic E-state index is 14.7. The van der Waals surface area contributed by atoms with Gasteiger partial charge in [0, 0.05) is 45.8 Å². The number of methoxy groups -OCH3 is 1. The summed E-state index contributed by atoms with van der Waals surface area (Å²) in [6, 6.07) is 10.9. The van der Waals surface area contributed by atoms with Gasteiger partial charge in [-0.3, -0.25) is 4.79 Å². The second-order valence-corrected chi connectivity index (χ2v) is 9.17. The van der Waals surface area contributed by atoms with Crippen molar-refractivity contribution in [2.75, 3.05) is 52.3 Å². The summed E-state index contributed by atoms with van der Waals surface area (Å²) in [5.41, 5.74) is 0.637. The molecule has 1 heterocycles. The van der Waals surface area contributed by atoms with Crippen LogP contribution in [0.2, 0.25) is 0 Å². The van der Waals surface area contributed by atoms with Crippen LogP contribution in [0.15, 0.2) is 47.4 Å². The van der Waals surface area contributed by atoms with Crippen LogP contribution in [0.4, 0.5) is 10.1 Å². The Hall–Kier alpha value is -2.65. The minimum absolute atomic E-state index is 0.124. The van der Waals surface area contributed by atoms with Crippen LogP contribution in [0, 0.1) is 5.82 Å². The standard InChI is InChI=1S/C21H26FN3O4S/c1-23(2)21(26)16-9-10-18(17(22)15-16)24-11-6-12-25(14-13-24)30(27,28)20-8-5-4-7-19(20)29-3/h4-5,7-10,15H,6,11-14H2,1-3H3. The molecule has 0 unspecified atom stereocenters. The molecule has 0 spiro atoms. The molecule has 0 aromatic heterocycles. The normalized spacial score (nSPS) is 15.5. The van der Waals surface area contributed by atoms with Gasteiger partial charge in [0.2, 0.25) is 10.0 Å². The zero-order valence-electron chi connectivity index (χ0n) is 17.3. The number of amides is 1. The van der Waals surface area contributed by atoms with Crippen molar-refractivity contribution < 1.29 is 22.3 Å². The number of hydrogen-bond acceptors (Lipinski definition) is 5. The number of sulfonamides is 1. The third-order valence-corrected chi connectivity index (χ3v) is 7.02. The molecule has 3 rings (SSSR count). The van der Waals surface area contributed by atoms with Gasteiger partial charge >= 0.3 is 0 Å². The first-order valence-corrected chi connectivity index (χ1v) is 11.1. The number of carbonyl (C=O) groups excluding carboxylic acids is 1. The van der Waals surface area contributed by atoms with Gasteiger partial charge in [-0.25, -0.2) is 12.8 Å². The first-order valence-electron chi connectivity index (χ1n) is 9.65. The van der Waals surface area contributed by atoms with Crippen LogP contribution in [-0.4, -0.2) is 70.9 Å². The highest BCUT2D eigenvalue weighted by Gasteiger charge is 2.30. The lowest BCUT2D eigenvalue weighted by Crippen LogP contribution is -2.35. The summed E-state index contributed by atoms with van der Waals surface area (Å²) in [4.78, 5) is 15.4. The molecule has 1 aliphatic rings. The van der Waals surface area contributed by atoms with Gasteiger partial charge in [-0.1, -0.05) is 12.1 Å². The van der Waals surface area contributed by atoms with Crippen LogP contribution in [-0.2, 0) is 10.0 Å². The zero-order valence-corrected chi connectivity index (χ0v) is 18.2. The van der Waals surface area contributed by atoms with E-state index in [-0.39, 0.29) is 22.9 Å². The third-order valence-electron chi connectivity index (χ3n) is 5.08. The highest BCUT2D eigenvalue weighted by molar-refractivity contribution is 7.89. The number of para-hydroxylation sites is 1. The quantitative estimate of drug-likeness (QED) is 0.722. The number of ether oxygens (including phenoxy) is 1. The number of hydrogen-bond donors (Lipinski definition) is 0. The van der Waals surface area contributed by atoms with Crippen LogP contribution in [0.25, 0.3) is 0 Å². The third kappa shape index (κ3) is 4.41. The van der Waals surface area contributed by atoms with E-state index in [1.54, 1.807) is 44.4 Å². The monoisotopic (exact) mass is 435 g/mol. The predicted molar refractivity (Wildman–Crippen MR) is 113 cm³/mol. The lowest BCUT2D eigenvalue weighted by molar-refractivity contribution is 0.0827. The average molecular weight is 436 g/mol. The molecule has 1 saturated heterocycles. The second kappa shape index (κ2) is 9.01. The van der Waals surface area contributed by atoms with Crippen molar-refractivity contribution in [3.05, 3.63) is 53.8 Å². The molecule has 162 valence electrons. The van der Waals surface area contributed by atoms with Crippen molar-refractivity contribution >= 4 is 21.6 Å². The number of rotatable bonds is 5. The summed E-state index contributed by atoms with van der Waals surface area (Å²) in [5, 5.41) is 0. The second-order valence-electron chi connectivity index (χ2n) is 7.26. The van der Waals surface area contributed by atoms with E-state index in [1.165, 1.54) is 28.4 Å². The summed E-state index contributed by atoms with van der Waals surface area (Å²) in [6.07, 6.45) is 0.548. The lowest BCUT2D eigenvalue weighted by Gasteiger charge is -2.24. The van der Waals surface area contributed by atoms with E-state index in [1.807, 2.05) is 4.90 Å². The number of benzene rings is 2. The van der Waals surface area contributed by atoms with Crippen LogP contribution in [0.5, 0.6) is 5.75 Å². The fourth-order valence-electron chi connectivity index (χ4n) is 3.50. The highest BCUT2D eigenvalue weighted by atomic mass is 32.2. The molecule has 1 amide bonds. The minimum atomic E-state index is -3.73. The summed E-state index contributed by atoms with van der Waals surface area (Å²) in [7, 11) is 0.925. The molecule has 0 saturated carbocycles. The number of nitrogens with zero attached hydrogens (tertiary/aromatic N) is 3. The Bertz CT molecular complexity index is 1030. The summed E-state index contributed by atoms with van der Waals surface area (Å²) < 4.78 is 47.6. The van der Waals surface area contributed by atoms with Gasteiger partial charge in [0.05, 0.1) is 12.8 Å². The van der Waals surface area contributed by atoms with E-state index >= 15 is 0 Å². The van der Waals surface area contributed by atoms with Gasteiger partial charge in [-0.15, -0.1) is 0 Å². The molecule has 9 heteroatoms. The van der Waals surface area contributed by atoms with Crippen molar-refractivity contribution in [3.8, 4) is 5.75 Å². The van der Waals surface area contributed by atoms with Crippen molar-refractivity contribution in [1.82, 2.24) is 9.21 Å².